The van der Waals surface area contributed by atoms with E-state index in [1.807, 2.05) is 0 Å². The van der Waals surface area contributed by atoms with Gasteiger partial charge >= 0.3 is 0 Å². The summed E-state index contributed by atoms with van der Waals surface area (Å²) in [5.74, 6) is 0. The van der Waals surface area contributed by atoms with Gasteiger partial charge in [0.25, 0.3) is 0 Å². The van der Waals surface area contributed by atoms with E-state index < -0.39 is 5.60 Å². The third kappa shape index (κ3) is 3.19. The van der Waals surface area contributed by atoms with Gasteiger partial charge in [0.05, 0.1) is 5.60 Å². The van der Waals surface area contributed by atoms with Crippen molar-refractivity contribution in [3.63, 3.8) is 0 Å². The molecule has 0 aromatic rings. The summed E-state index contributed by atoms with van der Waals surface area (Å²) in [7, 11) is 0. The second-order valence-electron chi connectivity index (χ2n) is 5.90. The normalized spacial score (nSPS) is 27.4. The molecular formula is C13H25NO2. The monoisotopic (exact) mass is 227 g/mol. The minimum absolute atomic E-state index is 0.154. The lowest BCUT2D eigenvalue weighted by atomic mass is 9.94. The highest BCUT2D eigenvalue weighted by Crippen LogP contribution is 2.44. The highest BCUT2D eigenvalue weighted by molar-refractivity contribution is 4.95. The molecule has 2 aliphatic carbocycles. The molecule has 2 fully saturated rings. The zero-order valence-electron chi connectivity index (χ0n) is 10.2. The van der Waals surface area contributed by atoms with E-state index in [4.69, 9.17) is 0 Å². The average molecular weight is 227 g/mol. The van der Waals surface area contributed by atoms with Gasteiger partial charge in [0.2, 0.25) is 0 Å². The molecule has 0 atom stereocenters. The van der Waals surface area contributed by atoms with Crippen molar-refractivity contribution in [1.29, 1.82) is 0 Å². The fourth-order valence-corrected chi connectivity index (χ4v) is 2.69. The van der Waals surface area contributed by atoms with E-state index in [2.05, 4.69) is 5.32 Å². The molecule has 0 radical (unpaired) electrons. The minimum Gasteiger partial charge on any atom is -0.396 e. The summed E-state index contributed by atoms with van der Waals surface area (Å²) in [6.45, 7) is 1.86. The van der Waals surface area contributed by atoms with Gasteiger partial charge in [0.15, 0.2) is 0 Å². The largest absolute Gasteiger partial charge is 0.396 e. The van der Waals surface area contributed by atoms with Gasteiger partial charge in [-0.3, -0.25) is 0 Å². The number of nitrogens with one attached hydrogen (secondary N) is 1. The predicted octanol–water partition coefficient (Wildman–Crippen LogP) is 1.43. The Bertz CT molecular complexity index is 218. The van der Waals surface area contributed by atoms with E-state index in [-0.39, 0.29) is 5.41 Å². The second-order valence-corrected chi connectivity index (χ2v) is 5.90. The summed E-state index contributed by atoms with van der Waals surface area (Å²) in [5, 5.41) is 23.0. The van der Waals surface area contributed by atoms with Crippen LogP contribution in [0, 0.1) is 5.41 Å². The molecule has 0 spiro atoms. The Morgan fingerprint density at radius 1 is 0.875 bits per heavy atom. The smallest absolute Gasteiger partial charge is 0.0771 e. The molecule has 2 saturated carbocycles. The minimum atomic E-state index is -0.484. The molecule has 0 heterocycles. The van der Waals surface area contributed by atoms with Crippen LogP contribution in [0.1, 0.15) is 51.4 Å². The molecule has 16 heavy (non-hydrogen) atoms. The molecule has 3 N–H and O–H groups in total. The summed E-state index contributed by atoms with van der Waals surface area (Å²) in [6, 6.07) is 0. The first-order chi connectivity index (χ1) is 7.68. The first-order valence-corrected chi connectivity index (χ1v) is 6.72. The fraction of sp³-hybridized carbons (Fsp3) is 1.00. The van der Waals surface area contributed by atoms with Gasteiger partial charge in [-0.2, -0.15) is 0 Å². The molecule has 0 bridgehead atoms. The lowest BCUT2D eigenvalue weighted by molar-refractivity contribution is 0.0234. The zero-order chi connectivity index (χ0) is 11.5. The molecule has 0 unspecified atom stereocenters. The van der Waals surface area contributed by atoms with Crippen LogP contribution < -0.4 is 5.32 Å². The van der Waals surface area contributed by atoms with Crippen molar-refractivity contribution in [3.05, 3.63) is 0 Å². The maximum absolute atomic E-state index is 10.4. The van der Waals surface area contributed by atoms with E-state index in [0.717, 1.165) is 45.1 Å². The van der Waals surface area contributed by atoms with Crippen molar-refractivity contribution in [2.24, 2.45) is 5.41 Å². The molecule has 0 aliphatic heterocycles. The van der Waals surface area contributed by atoms with Gasteiger partial charge < -0.3 is 15.5 Å². The van der Waals surface area contributed by atoms with Crippen LogP contribution in [-0.4, -0.2) is 35.5 Å². The highest BCUT2D eigenvalue weighted by atomic mass is 16.3. The maximum atomic E-state index is 10.4. The van der Waals surface area contributed by atoms with Gasteiger partial charge in [0.1, 0.15) is 0 Å². The average Bonchev–Trinajstić information content (AvgIpc) is 3.05. The van der Waals surface area contributed by atoms with Crippen LogP contribution in [0.2, 0.25) is 0 Å². The van der Waals surface area contributed by atoms with Crippen LogP contribution in [0.15, 0.2) is 0 Å². The standard InChI is InChI=1S/C13H25NO2/c15-11-12(7-8-12)9-14-10-13(16)5-3-1-2-4-6-13/h14-16H,1-11H2. The van der Waals surface area contributed by atoms with Crippen molar-refractivity contribution in [2.75, 3.05) is 19.7 Å². The van der Waals surface area contributed by atoms with E-state index in [1.54, 1.807) is 0 Å². The molecule has 2 aliphatic rings. The van der Waals surface area contributed by atoms with Crippen molar-refractivity contribution in [1.82, 2.24) is 5.32 Å². The van der Waals surface area contributed by atoms with E-state index >= 15 is 0 Å². The van der Waals surface area contributed by atoms with Crippen LogP contribution >= 0.6 is 0 Å². The number of aliphatic hydroxyl groups is 2. The van der Waals surface area contributed by atoms with Crippen LogP contribution in [0.3, 0.4) is 0 Å². The lowest BCUT2D eigenvalue weighted by Crippen LogP contribution is -2.42. The van der Waals surface area contributed by atoms with Crippen molar-refractivity contribution in [3.8, 4) is 0 Å². The first-order valence-electron chi connectivity index (χ1n) is 6.72. The third-order valence-electron chi connectivity index (χ3n) is 4.28. The number of rotatable bonds is 5. The van der Waals surface area contributed by atoms with Gasteiger partial charge in [-0.05, 0) is 25.7 Å². The summed E-state index contributed by atoms with van der Waals surface area (Å²) in [6.07, 6.45) is 8.99. The lowest BCUT2D eigenvalue weighted by Gasteiger charge is -2.28. The summed E-state index contributed by atoms with van der Waals surface area (Å²) in [5.41, 5.74) is -0.330. The topological polar surface area (TPSA) is 52.5 Å². The Morgan fingerprint density at radius 2 is 1.50 bits per heavy atom. The Morgan fingerprint density at radius 3 is 2.00 bits per heavy atom. The molecule has 0 amide bonds. The van der Waals surface area contributed by atoms with Crippen LogP contribution in [0.25, 0.3) is 0 Å². The quantitative estimate of drug-likeness (QED) is 0.623. The van der Waals surface area contributed by atoms with Crippen LogP contribution in [0.5, 0.6) is 0 Å². The molecule has 3 heteroatoms. The molecule has 94 valence electrons. The second kappa shape index (κ2) is 5.03. The molecule has 0 aromatic heterocycles. The summed E-state index contributed by atoms with van der Waals surface area (Å²) >= 11 is 0. The number of hydrogen-bond acceptors (Lipinski definition) is 3. The fourth-order valence-electron chi connectivity index (χ4n) is 2.69. The number of aliphatic hydroxyl groups excluding tert-OH is 1. The molecular weight excluding hydrogens is 202 g/mol. The molecule has 0 aromatic carbocycles. The maximum Gasteiger partial charge on any atom is 0.0771 e. The summed E-state index contributed by atoms with van der Waals surface area (Å²) in [4.78, 5) is 0. The zero-order valence-corrected chi connectivity index (χ0v) is 10.2. The van der Waals surface area contributed by atoms with E-state index in [9.17, 15) is 10.2 Å². The molecule has 0 saturated heterocycles. The summed E-state index contributed by atoms with van der Waals surface area (Å²) < 4.78 is 0. The Hall–Kier alpha value is -0.120. The Balaban J connectivity index is 1.71. The third-order valence-corrected chi connectivity index (χ3v) is 4.28. The van der Waals surface area contributed by atoms with Gasteiger partial charge in [-0.25, -0.2) is 0 Å². The van der Waals surface area contributed by atoms with Crippen molar-refractivity contribution in [2.45, 2.75) is 57.0 Å². The van der Waals surface area contributed by atoms with Gasteiger partial charge in [-0.15, -0.1) is 0 Å². The Kier molecular flexibility index (Phi) is 3.88. The van der Waals surface area contributed by atoms with Gasteiger partial charge in [0, 0.05) is 25.1 Å². The van der Waals surface area contributed by atoms with Crippen molar-refractivity contribution < 1.29 is 10.2 Å². The highest BCUT2D eigenvalue weighted by Gasteiger charge is 2.42. The first kappa shape index (κ1) is 12.3. The molecule has 2 rings (SSSR count). The van der Waals surface area contributed by atoms with E-state index in [1.165, 1.54) is 12.8 Å². The van der Waals surface area contributed by atoms with Crippen LogP contribution in [-0.2, 0) is 0 Å². The molecule has 3 nitrogen and oxygen atoms in total. The van der Waals surface area contributed by atoms with Gasteiger partial charge in [-0.1, -0.05) is 25.7 Å². The Labute approximate surface area is 98.2 Å². The van der Waals surface area contributed by atoms with Crippen molar-refractivity contribution >= 4 is 0 Å². The SMILES string of the molecule is OCC1(CNCC2(O)CCCCCC2)CC1. The number of hydrogen-bond donors (Lipinski definition) is 3. The van der Waals surface area contributed by atoms with E-state index in [0.29, 0.717) is 13.2 Å². The predicted molar refractivity (Wildman–Crippen MR) is 64.3 cm³/mol. The van der Waals surface area contributed by atoms with Crippen LogP contribution in [0.4, 0.5) is 0 Å².